The van der Waals surface area contributed by atoms with E-state index in [1.54, 1.807) is 0 Å². The summed E-state index contributed by atoms with van der Waals surface area (Å²) in [7, 11) is 0. The first-order valence-corrected chi connectivity index (χ1v) is 1.71. The summed E-state index contributed by atoms with van der Waals surface area (Å²) >= 11 is 0. The molecule has 0 aromatic rings. The van der Waals surface area contributed by atoms with Crippen molar-refractivity contribution >= 4 is 5.78 Å². The van der Waals surface area contributed by atoms with E-state index in [0.29, 0.717) is 0 Å². The Hall–Kier alpha value is 0.846. The number of aliphatic hydroxyl groups is 1. The van der Waals surface area contributed by atoms with E-state index >= 15 is 0 Å². The van der Waals surface area contributed by atoms with Crippen molar-refractivity contribution in [2.75, 3.05) is 0 Å². The molecule has 0 heterocycles. The Morgan fingerprint density at radius 1 is 1.71 bits per heavy atom. The van der Waals surface area contributed by atoms with Crippen LogP contribution < -0.4 is 51.4 Å². The van der Waals surface area contributed by atoms with Crippen LogP contribution in [0.4, 0.5) is 0 Å². The van der Waals surface area contributed by atoms with Gasteiger partial charge in [0.1, 0.15) is 5.76 Å². The van der Waals surface area contributed by atoms with E-state index in [-0.39, 0.29) is 69.3 Å². The maximum atomic E-state index is 9.87. The molecule has 0 aliphatic heterocycles. The van der Waals surface area contributed by atoms with Crippen molar-refractivity contribution in [2.45, 2.75) is 6.42 Å². The average Bonchev–Trinajstić information content (AvgIpc) is 1.33. The summed E-state index contributed by atoms with van der Waals surface area (Å²) < 4.78 is 0. The first kappa shape index (κ1) is 7.85. The van der Waals surface area contributed by atoms with E-state index in [9.17, 15) is 4.79 Å². The number of hydrogen-bond donors (Lipinski definition) is 1. The van der Waals surface area contributed by atoms with Crippen LogP contribution in [0.25, 0.3) is 0 Å². The van der Waals surface area contributed by atoms with Crippen LogP contribution in [0.2, 0.25) is 0 Å². The van der Waals surface area contributed by atoms with Crippen LogP contribution in [-0.4, -0.2) is 10.9 Å². The van der Waals surface area contributed by atoms with Gasteiger partial charge in [-0.05, 0) is 0 Å². The summed E-state index contributed by atoms with van der Waals surface area (Å²) in [5.41, 5.74) is 0. The minimum Gasteiger partial charge on any atom is -0.512 e. The van der Waals surface area contributed by atoms with Crippen molar-refractivity contribution in [2.24, 2.45) is 0 Å². The van der Waals surface area contributed by atoms with Crippen LogP contribution in [0.1, 0.15) is 6.42 Å². The molecular formula is C4H4KO2+. The van der Waals surface area contributed by atoms with Gasteiger partial charge in [0, 0.05) is 6.08 Å². The van der Waals surface area contributed by atoms with Crippen molar-refractivity contribution in [3.05, 3.63) is 11.8 Å². The third-order valence-electron chi connectivity index (χ3n) is 0.683. The molecular weight excluding hydrogens is 119 g/mol. The molecule has 0 fully saturated rings. The van der Waals surface area contributed by atoms with Gasteiger partial charge >= 0.3 is 51.4 Å². The molecule has 32 valence electrons. The predicted molar refractivity (Wildman–Crippen MR) is 20.3 cm³/mol. The van der Waals surface area contributed by atoms with E-state index in [1.807, 2.05) is 0 Å². The molecule has 1 rings (SSSR count). The Morgan fingerprint density at radius 2 is 2.14 bits per heavy atom. The third-order valence-corrected chi connectivity index (χ3v) is 0.683. The molecule has 0 saturated carbocycles. The van der Waals surface area contributed by atoms with Crippen molar-refractivity contribution in [1.82, 2.24) is 0 Å². The predicted octanol–water partition coefficient (Wildman–Crippen LogP) is -2.59. The summed E-state index contributed by atoms with van der Waals surface area (Å²) in [4.78, 5) is 9.87. The first-order valence-electron chi connectivity index (χ1n) is 1.71. The van der Waals surface area contributed by atoms with E-state index < -0.39 is 0 Å². The van der Waals surface area contributed by atoms with Crippen LogP contribution in [0.15, 0.2) is 11.8 Å². The molecule has 0 atom stereocenters. The van der Waals surface area contributed by atoms with Crippen LogP contribution in [0.3, 0.4) is 0 Å². The maximum Gasteiger partial charge on any atom is 1.00 e. The van der Waals surface area contributed by atoms with Crippen molar-refractivity contribution in [3.8, 4) is 0 Å². The van der Waals surface area contributed by atoms with Crippen LogP contribution in [0.5, 0.6) is 0 Å². The molecule has 7 heavy (non-hydrogen) atoms. The molecule has 1 N–H and O–H groups in total. The Balaban J connectivity index is 0.000000360. The minimum absolute atomic E-state index is 0. The first-order chi connectivity index (χ1) is 2.79. The molecule has 0 bridgehead atoms. The van der Waals surface area contributed by atoms with E-state index in [2.05, 4.69) is 0 Å². The molecule has 2 nitrogen and oxygen atoms in total. The molecule has 0 spiro atoms. The maximum absolute atomic E-state index is 9.87. The normalized spacial score (nSPS) is 16.6. The average molecular weight is 123 g/mol. The van der Waals surface area contributed by atoms with Gasteiger partial charge in [0.15, 0.2) is 5.78 Å². The van der Waals surface area contributed by atoms with Gasteiger partial charge in [-0.2, -0.15) is 0 Å². The summed E-state index contributed by atoms with van der Waals surface area (Å²) in [6.07, 6.45) is 1.47. The topological polar surface area (TPSA) is 37.3 Å². The number of ketones is 1. The number of carbonyl (C=O) groups is 1. The molecule has 0 aromatic heterocycles. The summed E-state index contributed by atoms with van der Waals surface area (Å²) in [5.74, 6) is 0.229. The number of aliphatic hydroxyl groups excluding tert-OH is 1. The smallest absolute Gasteiger partial charge is 0.512 e. The molecule has 0 saturated heterocycles. The molecule has 3 heteroatoms. The summed E-state index contributed by atoms with van der Waals surface area (Å²) in [6.45, 7) is 0. The Kier molecular flexibility index (Phi) is 3.35. The van der Waals surface area contributed by atoms with Crippen LogP contribution in [0, 0.1) is 0 Å². The van der Waals surface area contributed by atoms with Crippen molar-refractivity contribution in [3.63, 3.8) is 0 Å². The van der Waals surface area contributed by atoms with Gasteiger partial charge in [0.2, 0.25) is 0 Å². The number of carbonyl (C=O) groups excluding carboxylic acids is 1. The quantitative estimate of drug-likeness (QED) is 0.359. The van der Waals surface area contributed by atoms with Gasteiger partial charge in [-0.25, -0.2) is 0 Å². The largest absolute Gasteiger partial charge is 1.00 e. The zero-order valence-corrected chi connectivity index (χ0v) is 7.26. The Morgan fingerprint density at radius 3 is 2.14 bits per heavy atom. The van der Waals surface area contributed by atoms with Crippen molar-refractivity contribution in [1.29, 1.82) is 0 Å². The minimum atomic E-state index is 0. The summed E-state index contributed by atoms with van der Waals surface area (Å²) in [6, 6.07) is 0. The fraction of sp³-hybridized carbons (Fsp3) is 0.250. The fourth-order valence-corrected chi connectivity index (χ4v) is 0.335. The third kappa shape index (κ3) is 2.05. The second kappa shape index (κ2) is 2.99. The number of rotatable bonds is 0. The molecule has 1 aliphatic carbocycles. The van der Waals surface area contributed by atoms with Gasteiger partial charge in [-0.1, -0.05) is 0 Å². The van der Waals surface area contributed by atoms with Gasteiger partial charge in [0.05, 0.1) is 6.42 Å². The van der Waals surface area contributed by atoms with Crippen LogP contribution in [-0.2, 0) is 4.79 Å². The molecule has 0 radical (unpaired) electrons. The molecule has 1 aliphatic rings. The SMILES string of the molecule is O=C1C=C(O)C1.[K+]. The number of hydrogen-bond acceptors (Lipinski definition) is 2. The van der Waals surface area contributed by atoms with E-state index in [4.69, 9.17) is 5.11 Å². The van der Waals surface area contributed by atoms with Crippen molar-refractivity contribution < 1.29 is 61.3 Å². The fourth-order valence-electron chi connectivity index (χ4n) is 0.335. The van der Waals surface area contributed by atoms with E-state index in [1.165, 1.54) is 6.08 Å². The van der Waals surface area contributed by atoms with Gasteiger partial charge in [-0.15, -0.1) is 0 Å². The van der Waals surface area contributed by atoms with Gasteiger partial charge in [-0.3, -0.25) is 4.79 Å². The molecule has 0 aromatic carbocycles. The van der Waals surface area contributed by atoms with Crippen LogP contribution >= 0.6 is 0 Å². The standard InChI is InChI=1S/C4H4O2.K/c5-3-1-4(6)2-3;/h1,5H,2H2;/q;+1. The number of allylic oxidation sites excluding steroid dienone is 2. The van der Waals surface area contributed by atoms with Gasteiger partial charge < -0.3 is 5.11 Å². The molecule has 0 amide bonds. The Bertz CT molecular complexity index is 117. The monoisotopic (exact) mass is 123 g/mol. The van der Waals surface area contributed by atoms with E-state index in [0.717, 1.165) is 0 Å². The second-order valence-electron chi connectivity index (χ2n) is 1.28. The summed E-state index contributed by atoms with van der Waals surface area (Å²) in [5, 5.41) is 8.26. The molecule has 0 unspecified atom stereocenters. The second-order valence-corrected chi connectivity index (χ2v) is 1.28. The zero-order chi connectivity index (χ0) is 4.57. The van der Waals surface area contributed by atoms with Gasteiger partial charge in [0.25, 0.3) is 0 Å². The zero-order valence-electron chi connectivity index (χ0n) is 4.14. The Labute approximate surface area is 84.0 Å².